The molecule has 0 saturated carbocycles. The highest BCUT2D eigenvalue weighted by Gasteiger charge is 2.27. The quantitative estimate of drug-likeness (QED) is 0.754. The standard InChI is InChI=1S/C21H26FN3O4S/c1-16-4-9-20(29-2)19(14-16)23-21(26)15-24-10-3-11-25(13-12-24)30(27,28)18-7-5-17(22)6-8-18/h4-9,14H,3,10-13,15H2,1-2H3,(H,23,26). The van der Waals surface area contributed by atoms with Crippen molar-refractivity contribution in [3.05, 3.63) is 53.8 Å². The molecule has 9 heteroatoms. The van der Waals surface area contributed by atoms with E-state index in [0.717, 1.165) is 17.7 Å². The second-order valence-electron chi connectivity index (χ2n) is 7.24. The Morgan fingerprint density at radius 3 is 2.53 bits per heavy atom. The van der Waals surface area contributed by atoms with Crippen molar-refractivity contribution in [2.75, 3.05) is 45.2 Å². The second-order valence-corrected chi connectivity index (χ2v) is 9.18. The average molecular weight is 436 g/mol. The van der Waals surface area contributed by atoms with Gasteiger partial charge in [-0.15, -0.1) is 0 Å². The van der Waals surface area contributed by atoms with E-state index in [1.807, 2.05) is 24.0 Å². The number of hydrogen-bond donors (Lipinski definition) is 1. The lowest BCUT2D eigenvalue weighted by Gasteiger charge is -2.21. The molecule has 30 heavy (non-hydrogen) atoms. The zero-order valence-corrected chi connectivity index (χ0v) is 17.9. The predicted molar refractivity (Wildman–Crippen MR) is 113 cm³/mol. The van der Waals surface area contributed by atoms with Crippen LogP contribution in [-0.2, 0) is 14.8 Å². The molecule has 0 radical (unpaired) electrons. The minimum absolute atomic E-state index is 0.0710. The van der Waals surface area contributed by atoms with Gasteiger partial charge in [0.15, 0.2) is 0 Å². The molecule has 2 aromatic carbocycles. The highest BCUT2D eigenvalue weighted by Crippen LogP contribution is 2.25. The predicted octanol–water partition coefficient (Wildman–Crippen LogP) is 2.48. The van der Waals surface area contributed by atoms with E-state index in [2.05, 4.69) is 5.32 Å². The normalized spacial score (nSPS) is 16.1. The Balaban J connectivity index is 1.61. The first kappa shape index (κ1) is 22.2. The number of amides is 1. The van der Waals surface area contributed by atoms with E-state index in [0.29, 0.717) is 37.5 Å². The van der Waals surface area contributed by atoms with Gasteiger partial charge in [0, 0.05) is 19.6 Å². The molecule has 7 nitrogen and oxygen atoms in total. The molecule has 0 spiro atoms. The van der Waals surface area contributed by atoms with E-state index < -0.39 is 15.8 Å². The van der Waals surface area contributed by atoms with Crippen LogP contribution >= 0.6 is 0 Å². The summed E-state index contributed by atoms with van der Waals surface area (Å²) in [5, 5.41) is 2.87. The number of benzene rings is 2. The molecule has 1 amide bonds. The first-order valence-corrected chi connectivity index (χ1v) is 11.2. The SMILES string of the molecule is COc1ccc(C)cc1NC(=O)CN1CCCN(S(=O)(=O)c2ccc(F)cc2)CC1. The Morgan fingerprint density at radius 1 is 1.10 bits per heavy atom. The Kier molecular flexibility index (Phi) is 7.06. The van der Waals surface area contributed by atoms with Crippen LogP contribution in [0.5, 0.6) is 5.75 Å². The summed E-state index contributed by atoms with van der Waals surface area (Å²) in [6.07, 6.45) is 0.599. The van der Waals surface area contributed by atoms with Crippen LogP contribution in [0.15, 0.2) is 47.4 Å². The largest absolute Gasteiger partial charge is 0.495 e. The molecule has 1 aliphatic rings. The van der Waals surface area contributed by atoms with Gasteiger partial charge >= 0.3 is 0 Å². The highest BCUT2D eigenvalue weighted by atomic mass is 32.2. The van der Waals surface area contributed by atoms with Crippen molar-refractivity contribution >= 4 is 21.6 Å². The summed E-state index contributed by atoms with van der Waals surface area (Å²) in [4.78, 5) is 14.5. The molecule has 0 unspecified atom stereocenters. The zero-order valence-electron chi connectivity index (χ0n) is 17.1. The van der Waals surface area contributed by atoms with Gasteiger partial charge in [0.05, 0.1) is 24.2 Å². The van der Waals surface area contributed by atoms with Gasteiger partial charge in [-0.3, -0.25) is 9.69 Å². The summed E-state index contributed by atoms with van der Waals surface area (Å²) < 4.78 is 45.4. The first-order chi connectivity index (χ1) is 14.3. The molecule has 0 aromatic heterocycles. The maximum absolute atomic E-state index is 13.1. The first-order valence-electron chi connectivity index (χ1n) is 9.72. The van der Waals surface area contributed by atoms with Crippen molar-refractivity contribution < 1.29 is 22.3 Å². The van der Waals surface area contributed by atoms with Crippen LogP contribution in [0, 0.1) is 12.7 Å². The number of rotatable bonds is 6. The fourth-order valence-corrected chi connectivity index (χ4v) is 4.88. The number of carbonyl (C=O) groups excluding carboxylic acids is 1. The van der Waals surface area contributed by atoms with Crippen LogP contribution in [-0.4, -0.2) is 63.4 Å². The summed E-state index contributed by atoms with van der Waals surface area (Å²) in [5.41, 5.74) is 1.61. The zero-order chi connectivity index (χ0) is 21.7. The van der Waals surface area contributed by atoms with Crippen molar-refractivity contribution in [2.45, 2.75) is 18.2 Å². The Labute approximate surface area is 176 Å². The van der Waals surface area contributed by atoms with E-state index >= 15 is 0 Å². The third kappa shape index (κ3) is 5.35. The molecule has 1 N–H and O–H groups in total. The van der Waals surface area contributed by atoms with Crippen LogP contribution in [0.1, 0.15) is 12.0 Å². The molecule has 3 rings (SSSR count). The van der Waals surface area contributed by atoms with E-state index in [4.69, 9.17) is 4.74 Å². The van der Waals surface area contributed by atoms with Gasteiger partial charge in [-0.05, 0) is 61.9 Å². The number of methoxy groups -OCH3 is 1. The smallest absolute Gasteiger partial charge is 0.243 e. The number of anilines is 1. The molecule has 0 atom stereocenters. The Bertz CT molecular complexity index is 996. The summed E-state index contributed by atoms with van der Waals surface area (Å²) >= 11 is 0. The van der Waals surface area contributed by atoms with E-state index in [1.165, 1.54) is 16.4 Å². The summed E-state index contributed by atoms with van der Waals surface area (Å²) in [7, 11) is -2.15. The van der Waals surface area contributed by atoms with Gasteiger partial charge in [-0.2, -0.15) is 4.31 Å². The number of nitrogens with zero attached hydrogens (tertiary/aromatic N) is 2. The molecule has 2 aromatic rings. The highest BCUT2D eigenvalue weighted by molar-refractivity contribution is 7.89. The van der Waals surface area contributed by atoms with Gasteiger partial charge in [-0.1, -0.05) is 6.07 Å². The van der Waals surface area contributed by atoms with Crippen LogP contribution in [0.3, 0.4) is 0 Å². The van der Waals surface area contributed by atoms with Crippen molar-refractivity contribution in [1.82, 2.24) is 9.21 Å². The third-order valence-corrected chi connectivity index (χ3v) is 6.91. The lowest BCUT2D eigenvalue weighted by molar-refractivity contribution is -0.117. The second kappa shape index (κ2) is 9.55. The molecule has 1 aliphatic heterocycles. The fourth-order valence-electron chi connectivity index (χ4n) is 3.41. The van der Waals surface area contributed by atoms with Crippen LogP contribution in [0.4, 0.5) is 10.1 Å². The van der Waals surface area contributed by atoms with Crippen LogP contribution in [0.25, 0.3) is 0 Å². The third-order valence-electron chi connectivity index (χ3n) is 5.00. The van der Waals surface area contributed by atoms with Gasteiger partial charge in [0.25, 0.3) is 0 Å². The van der Waals surface area contributed by atoms with Gasteiger partial charge in [0.1, 0.15) is 11.6 Å². The monoisotopic (exact) mass is 435 g/mol. The van der Waals surface area contributed by atoms with Crippen molar-refractivity contribution in [3.63, 3.8) is 0 Å². The molecule has 1 fully saturated rings. The molecule has 0 bridgehead atoms. The van der Waals surface area contributed by atoms with Crippen molar-refractivity contribution in [1.29, 1.82) is 0 Å². The molecule has 162 valence electrons. The van der Waals surface area contributed by atoms with Crippen LogP contribution in [0.2, 0.25) is 0 Å². The number of ether oxygens (including phenoxy) is 1. The van der Waals surface area contributed by atoms with Gasteiger partial charge in [0.2, 0.25) is 15.9 Å². The number of carbonyl (C=O) groups is 1. The van der Waals surface area contributed by atoms with Gasteiger partial charge in [-0.25, -0.2) is 12.8 Å². The lowest BCUT2D eigenvalue weighted by atomic mass is 10.2. The summed E-state index contributed by atoms with van der Waals surface area (Å²) in [5.74, 6) is -0.0811. The minimum atomic E-state index is -3.69. The summed E-state index contributed by atoms with van der Waals surface area (Å²) in [6.45, 7) is 3.73. The molecule has 0 aliphatic carbocycles. The number of nitrogens with one attached hydrogen (secondary N) is 1. The number of hydrogen-bond acceptors (Lipinski definition) is 5. The van der Waals surface area contributed by atoms with E-state index in [-0.39, 0.29) is 23.9 Å². The maximum atomic E-state index is 13.1. The Morgan fingerprint density at radius 2 is 1.83 bits per heavy atom. The van der Waals surface area contributed by atoms with E-state index in [9.17, 15) is 17.6 Å². The van der Waals surface area contributed by atoms with Crippen LogP contribution < -0.4 is 10.1 Å². The fraction of sp³-hybridized carbons (Fsp3) is 0.381. The topological polar surface area (TPSA) is 79.0 Å². The average Bonchev–Trinajstić information content (AvgIpc) is 2.94. The van der Waals surface area contributed by atoms with Crippen molar-refractivity contribution in [2.24, 2.45) is 0 Å². The molecule has 1 heterocycles. The van der Waals surface area contributed by atoms with Crippen molar-refractivity contribution in [3.8, 4) is 5.75 Å². The minimum Gasteiger partial charge on any atom is -0.495 e. The number of halogens is 1. The number of sulfonamides is 1. The maximum Gasteiger partial charge on any atom is 0.243 e. The molecular formula is C21H26FN3O4S. The Hall–Kier alpha value is -2.49. The molecular weight excluding hydrogens is 409 g/mol. The lowest BCUT2D eigenvalue weighted by Crippen LogP contribution is -2.38. The number of aryl methyl sites for hydroxylation is 1. The van der Waals surface area contributed by atoms with Gasteiger partial charge < -0.3 is 10.1 Å². The molecule has 1 saturated heterocycles. The summed E-state index contributed by atoms with van der Waals surface area (Å²) in [6, 6.07) is 10.4. The van der Waals surface area contributed by atoms with E-state index in [1.54, 1.807) is 13.2 Å².